The first-order valence-electron chi connectivity index (χ1n) is 12.7. The molecule has 0 aromatic heterocycles. The summed E-state index contributed by atoms with van der Waals surface area (Å²) in [6, 6.07) is 0. The second-order valence-corrected chi connectivity index (χ2v) is 10.2. The lowest BCUT2D eigenvalue weighted by molar-refractivity contribution is -0.307. The SMILES string of the molecule is CCCC1CCC(OC2CCC(C(OO)C3CCC(CCC)CC3)CC2)CC1. The van der Waals surface area contributed by atoms with E-state index in [1.165, 1.54) is 77.0 Å². The first-order valence-corrected chi connectivity index (χ1v) is 12.7. The summed E-state index contributed by atoms with van der Waals surface area (Å²) in [5.74, 6) is 2.96. The van der Waals surface area contributed by atoms with Gasteiger partial charge in [-0.3, -0.25) is 5.26 Å². The minimum Gasteiger partial charge on any atom is -0.375 e. The quantitative estimate of drug-likeness (QED) is 0.327. The van der Waals surface area contributed by atoms with E-state index in [4.69, 9.17) is 9.62 Å². The van der Waals surface area contributed by atoms with Crippen LogP contribution in [0.1, 0.15) is 117 Å². The van der Waals surface area contributed by atoms with Crippen molar-refractivity contribution in [3.8, 4) is 0 Å². The molecule has 3 rings (SSSR count). The maximum Gasteiger partial charge on any atom is 0.0983 e. The van der Waals surface area contributed by atoms with Gasteiger partial charge in [0.25, 0.3) is 0 Å². The van der Waals surface area contributed by atoms with Crippen molar-refractivity contribution < 1.29 is 14.9 Å². The predicted octanol–water partition coefficient (Wildman–Crippen LogP) is 7.39. The van der Waals surface area contributed by atoms with E-state index in [0.29, 0.717) is 24.0 Å². The monoisotopic (exact) mass is 394 g/mol. The maximum atomic E-state index is 9.66. The maximum absolute atomic E-state index is 9.66. The Bertz CT molecular complexity index is 402. The second kappa shape index (κ2) is 11.9. The molecule has 3 aliphatic carbocycles. The van der Waals surface area contributed by atoms with E-state index in [1.54, 1.807) is 0 Å². The zero-order valence-electron chi connectivity index (χ0n) is 18.6. The number of hydrogen-bond acceptors (Lipinski definition) is 3. The Kier molecular flexibility index (Phi) is 9.60. The van der Waals surface area contributed by atoms with Crippen molar-refractivity contribution in [3.63, 3.8) is 0 Å². The van der Waals surface area contributed by atoms with Gasteiger partial charge in [-0.2, -0.15) is 0 Å². The molecule has 0 radical (unpaired) electrons. The third-order valence-electron chi connectivity index (χ3n) is 8.23. The minimum atomic E-state index is 0.0630. The van der Waals surface area contributed by atoms with Gasteiger partial charge in [-0.15, -0.1) is 0 Å². The smallest absolute Gasteiger partial charge is 0.0983 e. The topological polar surface area (TPSA) is 38.7 Å². The van der Waals surface area contributed by atoms with Crippen LogP contribution in [-0.2, 0) is 9.62 Å². The van der Waals surface area contributed by atoms with Gasteiger partial charge in [0.1, 0.15) is 0 Å². The fourth-order valence-corrected chi connectivity index (χ4v) is 6.56. The molecule has 0 aliphatic heterocycles. The Morgan fingerprint density at radius 3 is 1.46 bits per heavy atom. The summed E-state index contributed by atoms with van der Waals surface area (Å²) < 4.78 is 6.50. The van der Waals surface area contributed by atoms with Crippen molar-refractivity contribution in [2.24, 2.45) is 23.7 Å². The van der Waals surface area contributed by atoms with E-state index in [2.05, 4.69) is 13.8 Å². The highest BCUT2D eigenvalue weighted by molar-refractivity contribution is 4.86. The third-order valence-corrected chi connectivity index (χ3v) is 8.23. The number of rotatable bonds is 9. The van der Waals surface area contributed by atoms with Crippen molar-refractivity contribution in [1.82, 2.24) is 0 Å². The van der Waals surface area contributed by atoms with Gasteiger partial charge in [-0.05, 0) is 87.9 Å². The highest BCUT2D eigenvalue weighted by Gasteiger charge is 2.36. The Morgan fingerprint density at radius 2 is 1.04 bits per heavy atom. The third kappa shape index (κ3) is 6.44. The van der Waals surface area contributed by atoms with E-state index < -0.39 is 0 Å². The van der Waals surface area contributed by atoms with Crippen LogP contribution in [0.4, 0.5) is 0 Å². The van der Waals surface area contributed by atoms with Crippen LogP contribution in [0.25, 0.3) is 0 Å². The average molecular weight is 395 g/mol. The zero-order valence-corrected chi connectivity index (χ0v) is 18.6. The molecule has 0 bridgehead atoms. The first kappa shape index (κ1) is 22.6. The van der Waals surface area contributed by atoms with E-state index in [1.807, 2.05) is 0 Å². The van der Waals surface area contributed by atoms with Gasteiger partial charge < -0.3 is 4.74 Å². The van der Waals surface area contributed by atoms with Gasteiger partial charge in [0.15, 0.2) is 0 Å². The summed E-state index contributed by atoms with van der Waals surface area (Å²) in [5, 5.41) is 9.66. The predicted molar refractivity (Wildman–Crippen MR) is 115 cm³/mol. The van der Waals surface area contributed by atoms with Gasteiger partial charge in [-0.1, -0.05) is 52.4 Å². The zero-order chi connectivity index (χ0) is 19.8. The van der Waals surface area contributed by atoms with Gasteiger partial charge in [0.2, 0.25) is 0 Å². The highest BCUT2D eigenvalue weighted by atomic mass is 17.1. The van der Waals surface area contributed by atoms with Gasteiger partial charge in [-0.25, -0.2) is 4.89 Å². The van der Waals surface area contributed by atoms with Crippen molar-refractivity contribution in [3.05, 3.63) is 0 Å². The summed E-state index contributed by atoms with van der Waals surface area (Å²) in [7, 11) is 0. The molecule has 0 spiro atoms. The lowest BCUT2D eigenvalue weighted by atomic mass is 9.72. The molecule has 28 heavy (non-hydrogen) atoms. The summed E-state index contributed by atoms with van der Waals surface area (Å²) in [6.07, 6.45) is 21.5. The van der Waals surface area contributed by atoms with Crippen LogP contribution < -0.4 is 0 Å². The molecule has 0 heterocycles. The van der Waals surface area contributed by atoms with Crippen molar-refractivity contribution in [2.45, 2.75) is 135 Å². The molecule has 1 atom stereocenters. The molecule has 3 heteroatoms. The standard InChI is InChI=1S/C25H46O3/c1-3-5-19-7-11-21(12-8-19)25(28-26)22-13-17-24(18-14-22)27-23-15-9-20(6-4-2)10-16-23/h19-26H,3-18H2,1-2H3. The Hall–Kier alpha value is -0.120. The molecule has 1 N–H and O–H groups in total. The summed E-state index contributed by atoms with van der Waals surface area (Å²) in [6.45, 7) is 4.60. The highest BCUT2D eigenvalue weighted by Crippen LogP contribution is 2.41. The van der Waals surface area contributed by atoms with Gasteiger partial charge in [0.05, 0.1) is 18.3 Å². The van der Waals surface area contributed by atoms with E-state index >= 15 is 0 Å². The Labute approximate surface area is 173 Å². The van der Waals surface area contributed by atoms with Crippen LogP contribution in [0, 0.1) is 23.7 Å². The van der Waals surface area contributed by atoms with E-state index in [-0.39, 0.29) is 6.10 Å². The molecule has 3 fully saturated rings. The molecule has 0 aromatic rings. The van der Waals surface area contributed by atoms with Crippen molar-refractivity contribution in [2.75, 3.05) is 0 Å². The van der Waals surface area contributed by atoms with Crippen LogP contribution >= 0.6 is 0 Å². The number of hydrogen-bond donors (Lipinski definition) is 1. The van der Waals surface area contributed by atoms with Crippen LogP contribution in [-0.4, -0.2) is 23.6 Å². The number of ether oxygens (including phenoxy) is 1. The fraction of sp³-hybridized carbons (Fsp3) is 1.00. The van der Waals surface area contributed by atoms with Crippen LogP contribution in [0.3, 0.4) is 0 Å². The Balaban J connectivity index is 1.37. The molecule has 0 aromatic carbocycles. The van der Waals surface area contributed by atoms with Crippen molar-refractivity contribution >= 4 is 0 Å². The molecule has 3 aliphatic rings. The van der Waals surface area contributed by atoms with Crippen molar-refractivity contribution in [1.29, 1.82) is 0 Å². The second-order valence-electron chi connectivity index (χ2n) is 10.2. The molecule has 3 nitrogen and oxygen atoms in total. The largest absolute Gasteiger partial charge is 0.375 e. The molecular weight excluding hydrogens is 348 g/mol. The lowest BCUT2D eigenvalue weighted by Crippen LogP contribution is -2.38. The van der Waals surface area contributed by atoms with Gasteiger partial charge in [0, 0.05) is 0 Å². The lowest BCUT2D eigenvalue weighted by Gasteiger charge is -2.40. The molecule has 3 saturated carbocycles. The molecule has 0 saturated heterocycles. The Morgan fingerprint density at radius 1 is 0.643 bits per heavy atom. The normalized spacial score (nSPS) is 38.2. The van der Waals surface area contributed by atoms with Crippen LogP contribution in [0.2, 0.25) is 0 Å². The summed E-state index contributed by atoms with van der Waals surface area (Å²) in [4.78, 5) is 5.10. The van der Waals surface area contributed by atoms with Crippen LogP contribution in [0.5, 0.6) is 0 Å². The summed E-state index contributed by atoms with van der Waals surface area (Å²) >= 11 is 0. The van der Waals surface area contributed by atoms with Gasteiger partial charge >= 0.3 is 0 Å². The van der Waals surface area contributed by atoms with Crippen LogP contribution in [0.15, 0.2) is 0 Å². The fourth-order valence-electron chi connectivity index (χ4n) is 6.56. The minimum absolute atomic E-state index is 0.0630. The van der Waals surface area contributed by atoms with E-state index in [9.17, 15) is 5.26 Å². The summed E-state index contributed by atoms with van der Waals surface area (Å²) in [5.41, 5.74) is 0. The molecule has 1 unspecified atom stereocenters. The average Bonchev–Trinajstić information content (AvgIpc) is 2.73. The molecule has 0 amide bonds. The first-order chi connectivity index (χ1) is 13.7. The molecule has 164 valence electrons. The van der Waals surface area contributed by atoms with E-state index in [0.717, 1.165) is 37.5 Å². The molecular formula is C25H46O3.